The first-order valence-corrected chi connectivity index (χ1v) is 15.5. The number of non-ortho nitro benzene ring substituents is 1. The number of benzene rings is 3. The van der Waals surface area contributed by atoms with Crippen molar-refractivity contribution < 1.29 is 24.0 Å². The van der Waals surface area contributed by atoms with Crippen molar-refractivity contribution in [2.24, 2.45) is 16.6 Å². The van der Waals surface area contributed by atoms with E-state index in [2.05, 4.69) is 58.4 Å². The van der Waals surface area contributed by atoms with Gasteiger partial charge in [-0.05, 0) is 43.5 Å². The van der Waals surface area contributed by atoms with Crippen LogP contribution in [0.3, 0.4) is 0 Å². The van der Waals surface area contributed by atoms with E-state index in [1.165, 1.54) is 36.4 Å². The van der Waals surface area contributed by atoms with E-state index in [1.807, 2.05) is 12.1 Å². The molecule has 10 nitrogen and oxygen atoms in total. The summed E-state index contributed by atoms with van der Waals surface area (Å²) in [5, 5.41) is 11.6. The van der Waals surface area contributed by atoms with Gasteiger partial charge in [-0.2, -0.15) is 0 Å². The quantitative estimate of drug-likeness (QED) is 0.170. The van der Waals surface area contributed by atoms with Gasteiger partial charge in [0, 0.05) is 61.4 Å². The number of aliphatic imine (C=N–C) groups is 1. The average Bonchev–Trinajstić information content (AvgIpc) is 3.48. The maximum Gasteiger partial charge on any atom is 0.337 e. The summed E-state index contributed by atoms with van der Waals surface area (Å²) < 4.78 is 11.4. The molecular weight excluding hydrogens is 584 g/mol. The molecule has 2 aliphatic heterocycles. The van der Waals surface area contributed by atoms with Crippen LogP contribution in [0.15, 0.2) is 101 Å². The van der Waals surface area contributed by atoms with Crippen LogP contribution in [0.25, 0.3) is 0 Å². The van der Waals surface area contributed by atoms with Crippen molar-refractivity contribution in [3.8, 4) is 0 Å². The SMILES string of the molecule is COC(=O)C1C(C)=NC(C)=C(C(=O)O[C@@]2(CN)CCN(CCC(c3ccccc3)c3ccccc3)C2)[C@H]1c1cccc([N+](=O)[O-])c1. The average molecular weight is 625 g/mol. The molecule has 0 aliphatic carbocycles. The number of carbonyl (C=O) groups excluding carboxylic acids is 2. The van der Waals surface area contributed by atoms with Gasteiger partial charge in [-0.25, -0.2) is 4.79 Å². The summed E-state index contributed by atoms with van der Waals surface area (Å²) in [6, 6.07) is 26.8. The van der Waals surface area contributed by atoms with Crippen molar-refractivity contribution in [3.63, 3.8) is 0 Å². The van der Waals surface area contributed by atoms with E-state index in [4.69, 9.17) is 15.2 Å². The third kappa shape index (κ3) is 6.93. The minimum absolute atomic E-state index is 0.118. The fraction of sp³-hybridized carbons (Fsp3) is 0.361. The Balaban J connectivity index is 1.38. The Kier molecular flexibility index (Phi) is 10.1. The number of nitro groups is 1. The molecule has 3 aromatic rings. The minimum Gasteiger partial charge on any atom is -0.468 e. The van der Waals surface area contributed by atoms with E-state index >= 15 is 0 Å². The van der Waals surface area contributed by atoms with Crippen molar-refractivity contribution >= 4 is 23.3 Å². The normalized spacial score (nSPS) is 21.6. The fourth-order valence-electron chi connectivity index (χ4n) is 6.80. The molecule has 5 rings (SSSR count). The summed E-state index contributed by atoms with van der Waals surface area (Å²) in [4.78, 5) is 45.1. The molecule has 0 radical (unpaired) electrons. The van der Waals surface area contributed by atoms with Gasteiger partial charge in [-0.15, -0.1) is 0 Å². The Hall–Kier alpha value is -4.67. The molecule has 1 saturated heterocycles. The second-order valence-electron chi connectivity index (χ2n) is 12.0. The van der Waals surface area contributed by atoms with Crippen LogP contribution in [-0.4, -0.2) is 66.4 Å². The van der Waals surface area contributed by atoms with E-state index < -0.39 is 34.3 Å². The molecule has 240 valence electrons. The minimum atomic E-state index is -0.958. The monoisotopic (exact) mass is 624 g/mol. The van der Waals surface area contributed by atoms with Gasteiger partial charge in [0.05, 0.1) is 17.6 Å². The van der Waals surface area contributed by atoms with E-state index in [0.29, 0.717) is 36.5 Å². The summed E-state index contributed by atoms with van der Waals surface area (Å²) in [6.07, 6.45) is 1.42. The predicted octanol–water partition coefficient (Wildman–Crippen LogP) is 5.38. The van der Waals surface area contributed by atoms with Gasteiger partial charge < -0.3 is 15.2 Å². The number of nitrogens with two attached hydrogens (primary N) is 1. The number of allylic oxidation sites excluding steroid dienone is 1. The third-order valence-corrected chi connectivity index (χ3v) is 9.16. The van der Waals surface area contributed by atoms with Gasteiger partial charge in [-0.1, -0.05) is 72.8 Å². The lowest BCUT2D eigenvalue weighted by Crippen LogP contribution is -2.46. The van der Waals surface area contributed by atoms with E-state index in [1.54, 1.807) is 19.9 Å². The molecule has 0 bridgehead atoms. The predicted molar refractivity (Wildman–Crippen MR) is 175 cm³/mol. The number of carbonyl (C=O) groups is 2. The molecule has 2 N–H and O–H groups in total. The maximum absolute atomic E-state index is 14.1. The molecule has 3 atom stereocenters. The zero-order chi connectivity index (χ0) is 32.8. The molecule has 0 amide bonds. The van der Waals surface area contributed by atoms with Crippen LogP contribution in [0.1, 0.15) is 55.2 Å². The molecule has 2 heterocycles. The second kappa shape index (κ2) is 14.2. The molecule has 3 aromatic carbocycles. The number of ether oxygens (including phenoxy) is 2. The smallest absolute Gasteiger partial charge is 0.337 e. The lowest BCUT2D eigenvalue weighted by molar-refractivity contribution is -0.384. The van der Waals surface area contributed by atoms with Crippen LogP contribution >= 0.6 is 0 Å². The van der Waals surface area contributed by atoms with Crippen molar-refractivity contribution in [3.05, 3.63) is 123 Å². The van der Waals surface area contributed by atoms with Crippen molar-refractivity contribution in [1.82, 2.24) is 4.90 Å². The first-order chi connectivity index (χ1) is 22.2. The number of rotatable bonds is 11. The van der Waals surface area contributed by atoms with E-state index in [9.17, 15) is 19.7 Å². The van der Waals surface area contributed by atoms with Crippen LogP contribution in [0, 0.1) is 16.0 Å². The largest absolute Gasteiger partial charge is 0.468 e. The summed E-state index contributed by atoms with van der Waals surface area (Å²) in [6.45, 7) is 5.43. The number of esters is 2. The van der Waals surface area contributed by atoms with Gasteiger partial charge in [0.2, 0.25) is 0 Å². The topological polar surface area (TPSA) is 137 Å². The highest BCUT2D eigenvalue weighted by atomic mass is 16.6. The van der Waals surface area contributed by atoms with Gasteiger partial charge in [0.25, 0.3) is 5.69 Å². The van der Waals surface area contributed by atoms with Crippen LogP contribution in [0.4, 0.5) is 5.69 Å². The van der Waals surface area contributed by atoms with Crippen molar-refractivity contribution in [2.45, 2.75) is 44.1 Å². The summed E-state index contributed by atoms with van der Waals surface area (Å²) in [5.41, 5.74) is 9.12. The number of likely N-dealkylation sites (tertiary alicyclic amines) is 1. The molecule has 1 fully saturated rings. The summed E-state index contributed by atoms with van der Waals surface area (Å²) in [5.74, 6) is -2.87. The van der Waals surface area contributed by atoms with E-state index in [0.717, 1.165) is 13.0 Å². The number of nitro benzene ring substituents is 1. The third-order valence-electron chi connectivity index (χ3n) is 9.16. The number of hydrogen-bond acceptors (Lipinski definition) is 9. The highest BCUT2D eigenvalue weighted by Crippen LogP contribution is 2.42. The Morgan fingerprint density at radius 3 is 2.28 bits per heavy atom. The van der Waals surface area contributed by atoms with Crippen LogP contribution < -0.4 is 5.73 Å². The fourth-order valence-corrected chi connectivity index (χ4v) is 6.80. The summed E-state index contributed by atoms with van der Waals surface area (Å²) >= 11 is 0. The van der Waals surface area contributed by atoms with Gasteiger partial charge in [0.15, 0.2) is 0 Å². The maximum atomic E-state index is 14.1. The molecule has 0 aromatic heterocycles. The highest BCUT2D eigenvalue weighted by Gasteiger charge is 2.46. The standard InChI is InChI=1S/C36H40N4O6/c1-24-31(34(41)45-3)33(28-15-10-16-29(21-28)40(43)44)32(25(2)38-24)35(42)46-36(22-37)18-20-39(23-36)19-17-30(26-11-6-4-7-12-26)27-13-8-5-9-14-27/h4-16,21,30-31,33H,17-20,22-23,37H2,1-3H3/t31?,33-,36+/m0/s1. The Bertz CT molecular complexity index is 1600. The zero-order valence-corrected chi connectivity index (χ0v) is 26.4. The number of hydrogen-bond donors (Lipinski definition) is 1. The number of nitrogens with zero attached hydrogens (tertiary/aromatic N) is 3. The Labute approximate surface area is 269 Å². The van der Waals surface area contributed by atoms with Crippen LogP contribution in [0.5, 0.6) is 0 Å². The van der Waals surface area contributed by atoms with Gasteiger partial charge in [-0.3, -0.25) is 24.8 Å². The Morgan fingerprint density at radius 1 is 1.04 bits per heavy atom. The molecule has 2 aliphatic rings. The van der Waals surface area contributed by atoms with E-state index in [-0.39, 0.29) is 23.7 Å². The lowest BCUT2D eigenvalue weighted by atomic mass is 9.75. The van der Waals surface area contributed by atoms with Gasteiger partial charge >= 0.3 is 11.9 Å². The molecule has 10 heteroatoms. The highest BCUT2D eigenvalue weighted by molar-refractivity contribution is 6.07. The lowest BCUT2D eigenvalue weighted by Gasteiger charge is -2.34. The Morgan fingerprint density at radius 2 is 1.70 bits per heavy atom. The molecular formula is C36H40N4O6. The first-order valence-electron chi connectivity index (χ1n) is 15.5. The zero-order valence-electron chi connectivity index (χ0n) is 26.4. The van der Waals surface area contributed by atoms with Gasteiger partial charge in [0.1, 0.15) is 11.5 Å². The first kappa shape index (κ1) is 32.7. The summed E-state index contributed by atoms with van der Waals surface area (Å²) in [7, 11) is 1.26. The molecule has 46 heavy (non-hydrogen) atoms. The molecule has 0 spiro atoms. The van der Waals surface area contributed by atoms with Crippen molar-refractivity contribution in [1.29, 1.82) is 0 Å². The van der Waals surface area contributed by atoms with Crippen LogP contribution in [0.2, 0.25) is 0 Å². The molecule has 0 saturated carbocycles. The van der Waals surface area contributed by atoms with Crippen molar-refractivity contribution in [2.75, 3.05) is 33.3 Å². The number of methoxy groups -OCH3 is 1. The van der Waals surface area contributed by atoms with Crippen LogP contribution in [-0.2, 0) is 19.1 Å². The second-order valence-corrected chi connectivity index (χ2v) is 12.0. The molecule has 1 unspecified atom stereocenters.